The van der Waals surface area contributed by atoms with Crippen LogP contribution in [-0.2, 0) is 4.74 Å². The molecule has 1 unspecified atom stereocenters. The molecule has 0 saturated heterocycles. The standard InChI is InChI=1S/C10H14BrNO3/c1-8(7-13)14-5-6-15-10-4-2-3-9(11)12-10/h2-4,8,13H,5-7H2,1H3. The van der Waals surface area contributed by atoms with Crippen molar-refractivity contribution in [2.24, 2.45) is 0 Å². The number of aliphatic hydroxyl groups is 1. The van der Waals surface area contributed by atoms with Crippen molar-refractivity contribution in [1.29, 1.82) is 0 Å². The number of aromatic nitrogens is 1. The van der Waals surface area contributed by atoms with Gasteiger partial charge in [-0.2, -0.15) is 0 Å². The summed E-state index contributed by atoms with van der Waals surface area (Å²) in [5.74, 6) is 0.560. The summed E-state index contributed by atoms with van der Waals surface area (Å²) in [4.78, 5) is 4.10. The van der Waals surface area contributed by atoms with Gasteiger partial charge in [-0.3, -0.25) is 0 Å². The van der Waals surface area contributed by atoms with E-state index in [1.165, 1.54) is 0 Å². The first-order valence-electron chi connectivity index (χ1n) is 4.70. The van der Waals surface area contributed by atoms with E-state index in [0.29, 0.717) is 19.1 Å². The Kier molecular flexibility index (Phi) is 5.60. The van der Waals surface area contributed by atoms with E-state index >= 15 is 0 Å². The molecule has 15 heavy (non-hydrogen) atoms. The number of nitrogens with zero attached hydrogens (tertiary/aromatic N) is 1. The molecule has 0 aliphatic carbocycles. The number of hydrogen-bond acceptors (Lipinski definition) is 4. The van der Waals surface area contributed by atoms with Crippen molar-refractivity contribution in [2.75, 3.05) is 19.8 Å². The molecule has 0 spiro atoms. The summed E-state index contributed by atoms with van der Waals surface area (Å²) in [5, 5.41) is 8.70. The lowest BCUT2D eigenvalue weighted by Gasteiger charge is -2.10. The van der Waals surface area contributed by atoms with Crippen LogP contribution >= 0.6 is 15.9 Å². The van der Waals surface area contributed by atoms with Crippen molar-refractivity contribution in [3.63, 3.8) is 0 Å². The van der Waals surface area contributed by atoms with Gasteiger partial charge < -0.3 is 14.6 Å². The Balaban J connectivity index is 2.20. The smallest absolute Gasteiger partial charge is 0.214 e. The summed E-state index contributed by atoms with van der Waals surface area (Å²) >= 11 is 3.25. The van der Waals surface area contributed by atoms with Crippen molar-refractivity contribution in [1.82, 2.24) is 4.98 Å². The fourth-order valence-corrected chi connectivity index (χ4v) is 1.25. The predicted octanol–water partition coefficient (Wildman–Crippen LogP) is 1.62. The van der Waals surface area contributed by atoms with E-state index in [0.717, 1.165) is 4.60 Å². The van der Waals surface area contributed by atoms with Crippen LogP contribution in [0.25, 0.3) is 0 Å². The number of pyridine rings is 1. The Morgan fingerprint density at radius 1 is 1.47 bits per heavy atom. The van der Waals surface area contributed by atoms with Gasteiger partial charge in [0.25, 0.3) is 0 Å². The molecule has 5 heteroatoms. The van der Waals surface area contributed by atoms with Gasteiger partial charge in [0, 0.05) is 6.07 Å². The molecular weight excluding hydrogens is 262 g/mol. The van der Waals surface area contributed by atoms with Crippen molar-refractivity contribution >= 4 is 15.9 Å². The number of ether oxygens (including phenoxy) is 2. The zero-order valence-corrected chi connectivity index (χ0v) is 10.1. The molecule has 4 nitrogen and oxygen atoms in total. The van der Waals surface area contributed by atoms with E-state index in [-0.39, 0.29) is 12.7 Å². The van der Waals surface area contributed by atoms with Gasteiger partial charge in [-0.1, -0.05) is 6.07 Å². The Morgan fingerprint density at radius 3 is 2.93 bits per heavy atom. The molecule has 1 N–H and O–H groups in total. The minimum absolute atomic E-state index is 0.0230. The predicted molar refractivity (Wildman–Crippen MR) is 59.9 cm³/mol. The zero-order valence-electron chi connectivity index (χ0n) is 8.52. The van der Waals surface area contributed by atoms with Gasteiger partial charge in [0.15, 0.2) is 0 Å². The van der Waals surface area contributed by atoms with Gasteiger partial charge in [0.2, 0.25) is 5.88 Å². The van der Waals surface area contributed by atoms with Crippen molar-refractivity contribution in [2.45, 2.75) is 13.0 Å². The van der Waals surface area contributed by atoms with E-state index in [1.807, 2.05) is 12.1 Å². The van der Waals surface area contributed by atoms with Gasteiger partial charge in [-0.05, 0) is 28.9 Å². The fourth-order valence-electron chi connectivity index (χ4n) is 0.918. The SMILES string of the molecule is CC(CO)OCCOc1cccc(Br)n1. The first-order chi connectivity index (χ1) is 7.22. The highest BCUT2D eigenvalue weighted by Gasteiger charge is 2.00. The average Bonchev–Trinajstić information content (AvgIpc) is 2.24. The van der Waals surface area contributed by atoms with E-state index in [2.05, 4.69) is 20.9 Å². The molecule has 1 aromatic rings. The summed E-state index contributed by atoms with van der Waals surface area (Å²) in [5.41, 5.74) is 0. The number of rotatable bonds is 6. The average molecular weight is 276 g/mol. The molecule has 1 heterocycles. The van der Waals surface area contributed by atoms with Gasteiger partial charge in [0.05, 0.1) is 19.3 Å². The molecule has 0 fully saturated rings. The second kappa shape index (κ2) is 6.76. The minimum atomic E-state index is -0.149. The van der Waals surface area contributed by atoms with E-state index in [9.17, 15) is 0 Å². The maximum Gasteiger partial charge on any atom is 0.214 e. The molecule has 0 radical (unpaired) electrons. The second-order valence-corrected chi connectivity index (χ2v) is 3.82. The Morgan fingerprint density at radius 2 is 2.27 bits per heavy atom. The summed E-state index contributed by atoms with van der Waals surface area (Å²) in [6.45, 7) is 2.69. The largest absolute Gasteiger partial charge is 0.475 e. The lowest BCUT2D eigenvalue weighted by Crippen LogP contribution is -2.17. The van der Waals surface area contributed by atoms with Gasteiger partial charge in [-0.15, -0.1) is 0 Å². The third-order valence-electron chi connectivity index (χ3n) is 1.68. The van der Waals surface area contributed by atoms with Gasteiger partial charge in [-0.25, -0.2) is 4.98 Å². The molecule has 0 saturated carbocycles. The Hall–Kier alpha value is -0.650. The van der Waals surface area contributed by atoms with Crippen LogP contribution in [0.3, 0.4) is 0 Å². The quantitative estimate of drug-likeness (QED) is 0.633. The minimum Gasteiger partial charge on any atom is -0.475 e. The Labute approximate surface area is 97.4 Å². The van der Waals surface area contributed by atoms with E-state index < -0.39 is 0 Å². The molecule has 1 rings (SSSR count). The summed E-state index contributed by atoms with van der Waals surface area (Å²) < 4.78 is 11.3. The van der Waals surface area contributed by atoms with Crippen LogP contribution in [0.15, 0.2) is 22.8 Å². The van der Waals surface area contributed by atoms with Crippen LogP contribution in [0, 0.1) is 0 Å². The highest BCUT2D eigenvalue weighted by Crippen LogP contribution is 2.11. The lowest BCUT2D eigenvalue weighted by atomic mass is 10.4. The number of aliphatic hydroxyl groups excluding tert-OH is 1. The second-order valence-electron chi connectivity index (χ2n) is 3.01. The third-order valence-corrected chi connectivity index (χ3v) is 2.12. The van der Waals surface area contributed by atoms with Crippen LogP contribution in [0.5, 0.6) is 5.88 Å². The monoisotopic (exact) mass is 275 g/mol. The Bertz CT molecular complexity index is 296. The van der Waals surface area contributed by atoms with Gasteiger partial charge >= 0.3 is 0 Å². The van der Waals surface area contributed by atoms with Crippen molar-refractivity contribution < 1.29 is 14.6 Å². The van der Waals surface area contributed by atoms with Crippen molar-refractivity contribution in [3.8, 4) is 5.88 Å². The molecule has 1 atom stereocenters. The maximum absolute atomic E-state index is 8.70. The molecule has 1 aromatic heterocycles. The molecule has 0 aliphatic rings. The van der Waals surface area contributed by atoms with Crippen LogP contribution < -0.4 is 4.74 Å². The van der Waals surface area contributed by atoms with Crippen molar-refractivity contribution in [3.05, 3.63) is 22.8 Å². The van der Waals surface area contributed by atoms with E-state index in [1.54, 1.807) is 13.0 Å². The lowest BCUT2D eigenvalue weighted by molar-refractivity contribution is 0.0105. The molecule has 0 bridgehead atoms. The first-order valence-corrected chi connectivity index (χ1v) is 5.49. The molecule has 0 aromatic carbocycles. The zero-order chi connectivity index (χ0) is 11.1. The molecular formula is C10H14BrNO3. The highest BCUT2D eigenvalue weighted by atomic mass is 79.9. The highest BCUT2D eigenvalue weighted by molar-refractivity contribution is 9.10. The molecule has 84 valence electrons. The normalized spacial score (nSPS) is 12.5. The topological polar surface area (TPSA) is 51.6 Å². The number of hydrogen-bond donors (Lipinski definition) is 1. The summed E-state index contributed by atoms with van der Waals surface area (Å²) in [6.07, 6.45) is -0.149. The summed E-state index contributed by atoms with van der Waals surface area (Å²) in [7, 11) is 0. The number of halogens is 1. The first kappa shape index (κ1) is 12.4. The van der Waals surface area contributed by atoms with E-state index in [4.69, 9.17) is 14.6 Å². The van der Waals surface area contributed by atoms with Crippen LogP contribution in [0.2, 0.25) is 0 Å². The van der Waals surface area contributed by atoms with Gasteiger partial charge in [0.1, 0.15) is 11.2 Å². The molecule has 0 aliphatic heterocycles. The molecule has 0 amide bonds. The summed E-state index contributed by atoms with van der Waals surface area (Å²) in [6, 6.07) is 5.46. The third kappa shape index (κ3) is 5.11. The maximum atomic E-state index is 8.70. The van der Waals surface area contributed by atoms with Crippen LogP contribution in [0.1, 0.15) is 6.92 Å². The van der Waals surface area contributed by atoms with Crippen LogP contribution in [-0.4, -0.2) is 36.0 Å². The van der Waals surface area contributed by atoms with Crippen LogP contribution in [0.4, 0.5) is 0 Å². The fraction of sp³-hybridized carbons (Fsp3) is 0.500.